The number of hydrogen-bond acceptors (Lipinski definition) is 5. The number of hydrogen-bond donors (Lipinski definition) is 0. The molecule has 0 radical (unpaired) electrons. The van der Waals surface area contributed by atoms with Crippen LogP contribution >= 0.6 is 0 Å². The molecule has 1 atom stereocenters. The second kappa shape index (κ2) is 12.6. The van der Waals surface area contributed by atoms with Gasteiger partial charge in [-0.3, -0.25) is 4.79 Å². The summed E-state index contributed by atoms with van der Waals surface area (Å²) in [6, 6.07) is 6.12. The molecule has 1 amide bonds. The Morgan fingerprint density at radius 3 is 1.86 bits per heavy atom. The third-order valence-electron chi connectivity index (χ3n) is 6.45. The molecule has 0 fully saturated rings. The monoisotopic (exact) mass is 657 g/mol. The van der Waals surface area contributed by atoms with Crippen LogP contribution in [0.25, 0.3) is 0 Å². The molecule has 0 saturated carbocycles. The second-order valence-electron chi connectivity index (χ2n) is 9.53. The number of benzene rings is 3. The molecule has 0 aromatic heterocycles. The van der Waals surface area contributed by atoms with Gasteiger partial charge in [0.15, 0.2) is 11.5 Å². The van der Waals surface area contributed by atoms with Gasteiger partial charge in [0, 0.05) is 18.2 Å². The van der Waals surface area contributed by atoms with E-state index in [0.29, 0.717) is 24.3 Å². The minimum absolute atomic E-state index is 0.108. The molecule has 44 heavy (non-hydrogen) atoms. The smallest absolute Gasteiger partial charge is 0.416 e. The van der Waals surface area contributed by atoms with Gasteiger partial charge < -0.3 is 13.8 Å². The van der Waals surface area contributed by atoms with Crippen LogP contribution in [0.2, 0.25) is 0 Å². The number of rotatable bonds is 9. The van der Waals surface area contributed by atoms with Gasteiger partial charge in [0.2, 0.25) is 0 Å². The second-order valence-corrected chi connectivity index (χ2v) is 11.1. The van der Waals surface area contributed by atoms with Crippen molar-refractivity contribution in [1.29, 1.82) is 0 Å². The van der Waals surface area contributed by atoms with E-state index in [0.717, 1.165) is 30.2 Å². The van der Waals surface area contributed by atoms with Crippen molar-refractivity contribution in [1.82, 2.24) is 4.90 Å². The SMILES string of the molecule is CC[C@H](C)N(Cc1ccc(OC)c(OS(=O)(=O)c2cccc(C(F)(F)F)c2)c1)C(=O)c1cc(C(F)(F)F)cc(C(F)(F)F)c1. The van der Waals surface area contributed by atoms with Crippen LogP contribution in [0.3, 0.4) is 0 Å². The Kier molecular flexibility index (Phi) is 9.87. The summed E-state index contributed by atoms with van der Waals surface area (Å²) in [5.41, 5.74) is -5.39. The lowest BCUT2D eigenvalue weighted by Gasteiger charge is -2.29. The molecule has 3 aromatic carbocycles. The Morgan fingerprint density at radius 2 is 1.36 bits per heavy atom. The van der Waals surface area contributed by atoms with E-state index in [1.165, 1.54) is 19.1 Å². The first-order valence-corrected chi connectivity index (χ1v) is 14.0. The average Bonchev–Trinajstić information content (AvgIpc) is 2.93. The Hall–Kier alpha value is -3.95. The molecule has 0 heterocycles. The van der Waals surface area contributed by atoms with Gasteiger partial charge in [-0.05, 0) is 67.4 Å². The van der Waals surface area contributed by atoms with Gasteiger partial charge in [-0.15, -0.1) is 0 Å². The van der Waals surface area contributed by atoms with Gasteiger partial charge in [0.05, 0.1) is 23.8 Å². The van der Waals surface area contributed by atoms with Gasteiger partial charge in [0.25, 0.3) is 5.91 Å². The molecule has 0 saturated heterocycles. The van der Waals surface area contributed by atoms with E-state index in [-0.39, 0.29) is 23.8 Å². The number of nitrogens with zero attached hydrogens (tertiary/aromatic N) is 1. The van der Waals surface area contributed by atoms with E-state index < -0.39 is 80.0 Å². The van der Waals surface area contributed by atoms with Crippen molar-refractivity contribution in [2.45, 2.75) is 56.3 Å². The molecule has 0 unspecified atom stereocenters. The number of alkyl halides is 9. The lowest BCUT2D eigenvalue weighted by molar-refractivity contribution is -0.143. The fraction of sp³-hybridized carbons (Fsp3) is 0.321. The first-order chi connectivity index (χ1) is 20.2. The van der Waals surface area contributed by atoms with E-state index in [9.17, 15) is 52.7 Å². The standard InChI is InChI=1S/C28H24F9NO5S/c1-4-16(2)38(25(39)18-11-20(27(32,33)34)13-21(12-18)28(35,36)37)15-17-8-9-23(42-3)24(10-17)43-44(40,41)22-7-5-6-19(14-22)26(29,30)31/h5-14,16H,4,15H2,1-3H3/t16-/m0/s1. The Morgan fingerprint density at radius 1 is 0.795 bits per heavy atom. The summed E-state index contributed by atoms with van der Waals surface area (Å²) in [5, 5.41) is 0. The van der Waals surface area contributed by atoms with Crippen LogP contribution in [-0.2, 0) is 35.2 Å². The zero-order chi connectivity index (χ0) is 33.3. The molecule has 0 aliphatic carbocycles. The van der Waals surface area contributed by atoms with Gasteiger partial charge >= 0.3 is 28.6 Å². The summed E-state index contributed by atoms with van der Waals surface area (Å²) in [7, 11) is -3.73. The number of amides is 1. The maximum atomic E-state index is 13.4. The molecule has 0 bridgehead atoms. The van der Waals surface area contributed by atoms with Crippen molar-refractivity contribution < 1.29 is 61.6 Å². The minimum atomic E-state index is -5.19. The van der Waals surface area contributed by atoms with Crippen LogP contribution in [0.1, 0.15) is 52.9 Å². The highest BCUT2D eigenvalue weighted by Crippen LogP contribution is 2.38. The number of carbonyl (C=O) groups excluding carboxylic acids is 1. The van der Waals surface area contributed by atoms with Gasteiger partial charge in [-0.25, -0.2) is 0 Å². The number of halogens is 9. The normalized spacial score (nSPS) is 13.4. The summed E-state index contributed by atoms with van der Waals surface area (Å²) < 4.78 is 156. The molecular weight excluding hydrogens is 633 g/mol. The van der Waals surface area contributed by atoms with Crippen LogP contribution in [0.15, 0.2) is 65.6 Å². The number of methoxy groups -OCH3 is 1. The van der Waals surface area contributed by atoms with Crippen molar-refractivity contribution in [3.8, 4) is 11.5 Å². The molecule has 0 aliphatic rings. The van der Waals surface area contributed by atoms with Crippen LogP contribution in [-0.4, -0.2) is 32.4 Å². The summed E-state index contributed by atoms with van der Waals surface area (Å²) in [6.07, 6.45) is -15.0. The molecule has 240 valence electrons. The highest BCUT2D eigenvalue weighted by Gasteiger charge is 2.38. The largest absolute Gasteiger partial charge is 0.493 e. The van der Waals surface area contributed by atoms with Crippen molar-refractivity contribution in [3.05, 3.63) is 88.5 Å². The van der Waals surface area contributed by atoms with E-state index in [1.807, 2.05) is 0 Å². The molecule has 0 N–H and O–H groups in total. The minimum Gasteiger partial charge on any atom is -0.493 e. The summed E-state index contributed by atoms with van der Waals surface area (Å²) in [6.45, 7) is 2.67. The third-order valence-corrected chi connectivity index (χ3v) is 7.68. The Balaban J connectivity index is 2.03. The van der Waals surface area contributed by atoms with E-state index >= 15 is 0 Å². The Labute approximate surface area is 246 Å². The van der Waals surface area contributed by atoms with Crippen molar-refractivity contribution in [3.63, 3.8) is 0 Å². The van der Waals surface area contributed by atoms with Gasteiger partial charge in [0.1, 0.15) is 4.90 Å². The maximum absolute atomic E-state index is 13.4. The molecule has 3 aromatic rings. The van der Waals surface area contributed by atoms with Crippen LogP contribution in [0.5, 0.6) is 11.5 Å². The maximum Gasteiger partial charge on any atom is 0.416 e. The predicted molar refractivity (Wildman–Crippen MR) is 138 cm³/mol. The zero-order valence-corrected chi connectivity index (χ0v) is 23.9. The van der Waals surface area contributed by atoms with Gasteiger partial charge in [-0.2, -0.15) is 47.9 Å². The van der Waals surface area contributed by atoms with Crippen LogP contribution in [0.4, 0.5) is 39.5 Å². The lowest BCUT2D eigenvalue weighted by atomic mass is 10.0. The van der Waals surface area contributed by atoms with E-state index in [1.54, 1.807) is 6.92 Å². The summed E-state index contributed by atoms with van der Waals surface area (Å²) >= 11 is 0. The van der Waals surface area contributed by atoms with Crippen LogP contribution in [0, 0.1) is 0 Å². The van der Waals surface area contributed by atoms with Crippen molar-refractivity contribution in [2.75, 3.05) is 7.11 Å². The molecule has 16 heteroatoms. The van der Waals surface area contributed by atoms with Crippen molar-refractivity contribution >= 4 is 16.0 Å². The van der Waals surface area contributed by atoms with Crippen LogP contribution < -0.4 is 8.92 Å². The molecule has 6 nitrogen and oxygen atoms in total. The zero-order valence-electron chi connectivity index (χ0n) is 23.1. The summed E-state index contributed by atoms with van der Waals surface area (Å²) in [4.78, 5) is 13.5. The predicted octanol–water partition coefficient (Wildman–Crippen LogP) is 7.96. The fourth-order valence-electron chi connectivity index (χ4n) is 3.97. The number of ether oxygens (including phenoxy) is 1. The molecule has 0 aliphatic heterocycles. The van der Waals surface area contributed by atoms with E-state index in [4.69, 9.17) is 8.92 Å². The summed E-state index contributed by atoms with van der Waals surface area (Å²) in [5.74, 6) is -1.86. The first kappa shape index (κ1) is 34.5. The molecule has 3 rings (SSSR count). The number of carbonyl (C=O) groups is 1. The third kappa shape index (κ3) is 8.15. The topological polar surface area (TPSA) is 72.9 Å². The molecular formula is C28H24F9NO5S. The highest BCUT2D eigenvalue weighted by molar-refractivity contribution is 7.87. The quantitative estimate of drug-likeness (QED) is 0.173. The highest BCUT2D eigenvalue weighted by atomic mass is 32.2. The Bertz CT molecular complexity index is 1580. The first-order valence-electron chi connectivity index (χ1n) is 12.6. The fourth-order valence-corrected chi connectivity index (χ4v) is 4.95. The van der Waals surface area contributed by atoms with Crippen molar-refractivity contribution in [2.24, 2.45) is 0 Å². The lowest BCUT2D eigenvalue weighted by Crippen LogP contribution is -2.38. The molecule has 0 spiro atoms. The van der Waals surface area contributed by atoms with E-state index in [2.05, 4.69) is 0 Å². The van der Waals surface area contributed by atoms with Gasteiger partial charge in [-0.1, -0.05) is 19.1 Å². The average molecular weight is 658 g/mol.